The van der Waals surface area contributed by atoms with Crippen molar-refractivity contribution in [2.75, 3.05) is 6.61 Å². The Labute approximate surface area is 233 Å². The van der Waals surface area contributed by atoms with Gasteiger partial charge in [0.1, 0.15) is 5.82 Å². The van der Waals surface area contributed by atoms with E-state index in [0.29, 0.717) is 35.9 Å². The third-order valence-corrected chi connectivity index (χ3v) is 6.66. The van der Waals surface area contributed by atoms with Crippen LogP contribution < -0.4 is 11.3 Å². The summed E-state index contributed by atoms with van der Waals surface area (Å²) in [7, 11) is 0. The molecule has 9 heteroatoms. The minimum absolute atomic E-state index is 0.111. The lowest BCUT2D eigenvalue weighted by atomic mass is 9.87. The number of aromatic nitrogens is 4. The van der Waals surface area contributed by atoms with Crippen molar-refractivity contribution in [3.63, 3.8) is 0 Å². The summed E-state index contributed by atoms with van der Waals surface area (Å²) in [5.74, 6) is 0.0267. The van der Waals surface area contributed by atoms with Crippen molar-refractivity contribution >= 4 is 5.97 Å². The molecule has 0 atom stereocenters. The number of nitrogens with zero attached hydrogens (tertiary/aromatic N) is 3. The van der Waals surface area contributed by atoms with Crippen molar-refractivity contribution < 1.29 is 14.1 Å². The summed E-state index contributed by atoms with van der Waals surface area (Å²) >= 11 is 0. The van der Waals surface area contributed by atoms with E-state index in [4.69, 9.17) is 14.2 Å². The summed E-state index contributed by atoms with van der Waals surface area (Å²) in [5, 5.41) is 3.83. The van der Waals surface area contributed by atoms with E-state index in [-0.39, 0.29) is 18.6 Å². The smallest absolute Gasteiger partial charge is 0.439 e. The summed E-state index contributed by atoms with van der Waals surface area (Å²) in [6.45, 7) is 10.4. The molecule has 0 amide bonds. The molecular formula is C31H36N4O5. The van der Waals surface area contributed by atoms with Crippen LogP contribution in [0.15, 0.2) is 62.6 Å². The minimum atomic E-state index is -0.613. The van der Waals surface area contributed by atoms with Gasteiger partial charge < -0.3 is 4.74 Å². The summed E-state index contributed by atoms with van der Waals surface area (Å²) in [6.07, 6.45) is 2.42. The molecule has 4 rings (SSSR count). The highest BCUT2D eigenvalue weighted by molar-refractivity contribution is 5.80. The van der Waals surface area contributed by atoms with E-state index in [1.54, 1.807) is 11.5 Å². The number of nitrogens with one attached hydrogen (secondary N) is 1. The molecule has 0 saturated carbocycles. The van der Waals surface area contributed by atoms with Crippen LogP contribution in [0.1, 0.15) is 70.1 Å². The highest BCUT2D eigenvalue weighted by Crippen LogP contribution is 2.30. The summed E-state index contributed by atoms with van der Waals surface area (Å²) < 4.78 is 11.6. The van der Waals surface area contributed by atoms with Crippen LogP contribution in [0.4, 0.5) is 0 Å². The first kappa shape index (κ1) is 28.7. The van der Waals surface area contributed by atoms with Gasteiger partial charge in [0.25, 0.3) is 5.56 Å². The molecule has 2 aromatic carbocycles. The molecule has 2 heterocycles. The van der Waals surface area contributed by atoms with E-state index < -0.39 is 17.1 Å². The standard InChI is InChI=1S/C31H36N4O5/c1-6-8-13-25-32-27(31(3,4)5)24(18-26(36)39-7-2)29(37)35(25)19-20-14-16-21(17-15-20)22-11-9-10-12-23(22)28-33-30(38)40-34-28/h9-12,14-17H,6-8,13,18-19H2,1-5H3,(H,33,34,38). The zero-order chi connectivity index (χ0) is 28.9. The van der Waals surface area contributed by atoms with E-state index >= 15 is 0 Å². The number of unbranched alkanes of at least 4 members (excludes halogenated alkanes) is 1. The number of rotatable bonds is 10. The van der Waals surface area contributed by atoms with E-state index in [1.807, 2.05) is 69.3 Å². The van der Waals surface area contributed by atoms with Crippen molar-refractivity contribution in [1.82, 2.24) is 19.7 Å². The van der Waals surface area contributed by atoms with E-state index in [9.17, 15) is 14.4 Å². The number of ether oxygens (including phenoxy) is 1. The molecule has 0 spiro atoms. The predicted molar refractivity (Wildman–Crippen MR) is 153 cm³/mol. The van der Waals surface area contributed by atoms with Crippen LogP contribution >= 0.6 is 0 Å². The first-order valence-corrected chi connectivity index (χ1v) is 13.7. The second-order valence-corrected chi connectivity index (χ2v) is 10.8. The summed E-state index contributed by atoms with van der Waals surface area (Å²) in [4.78, 5) is 45.5. The molecule has 0 saturated heterocycles. The van der Waals surface area contributed by atoms with Gasteiger partial charge in [-0.15, -0.1) is 0 Å². The van der Waals surface area contributed by atoms with E-state index in [1.165, 1.54) is 0 Å². The van der Waals surface area contributed by atoms with Gasteiger partial charge in [0, 0.05) is 17.4 Å². The molecule has 1 N–H and O–H groups in total. The van der Waals surface area contributed by atoms with Crippen LogP contribution in [0.5, 0.6) is 0 Å². The van der Waals surface area contributed by atoms with Crippen LogP contribution in [0.25, 0.3) is 22.5 Å². The number of benzene rings is 2. The Balaban J connectivity index is 1.74. The number of esters is 1. The maximum absolute atomic E-state index is 13.9. The van der Waals surface area contributed by atoms with Crippen molar-refractivity contribution in [3.8, 4) is 22.5 Å². The van der Waals surface area contributed by atoms with Gasteiger partial charge in [-0.05, 0) is 30.0 Å². The predicted octanol–water partition coefficient (Wildman–Crippen LogP) is 5.05. The van der Waals surface area contributed by atoms with Crippen LogP contribution in [0.3, 0.4) is 0 Å². The first-order valence-electron chi connectivity index (χ1n) is 13.7. The summed E-state index contributed by atoms with van der Waals surface area (Å²) in [5.41, 5.74) is 3.88. The second-order valence-electron chi connectivity index (χ2n) is 10.8. The van der Waals surface area contributed by atoms with Crippen molar-refractivity contribution in [3.05, 3.63) is 92.1 Å². The van der Waals surface area contributed by atoms with Crippen LogP contribution in [-0.2, 0) is 34.3 Å². The average molecular weight is 545 g/mol. The largest absolute Gasteiger partial charge is 0.466 e. The van der Waals surface area contributed by atoms with Crippen LogP contribution in [0.2, 0.25) is 0 Å². The van der Waals surface area contributed by atoms with Gasteiger partial charge in [-0.25, -0.2) is 9.78 Å². The SMILES string of the molecule is CCCCc1nc(C(C)(C)C)c(CC(=O)OCC)c(=O)n1Cc1ccc(-c2ccccc2-c2noc(=O)[nH]2)cc1. The molecule has 0 bridgehead atoms. The quantitative estimate of drug-likeness (QED) is 0.278. The molecule has 0 aliphatic heterocycles. The lowest BCUT2D eigenvalue weighted by Gasteiger charge is -2.24. The molecule has 210 valence electrons. The number of H-pyrrole nitrogens is 1. The van der Waals surface area contributed by atoms with Crippen LogP contribution in [0, 0.1) is 0 Å². The Morgan fingerprint density at radius 3 is 2.33 bits per heavy atom. The maximum atomic E-state index is 13.9. The molecule has 0 fully saturated rings. The van der Waals surface area contributed by atoms with Gasteiger partial charge >= 0.3 is 11.7 Å². The average Bonchev–Trinajstić information content (AvgIpc) is 3.36. The third kappa shape index (κ3) is 6.47. The molecule has 2 aromatic heterocycles. The lowest BCUT2D eigenvalue weighted by molar-refractivity contribution is -0.142. The zero-order valence-electron chi connectivity index (χ0n) is 23.7. The second kappa shape index (κ2) is 12.3. The fourth-order valence-electron chi connectivity index (χ4n) is 4.72. The zero-order valence-corrected chi connectivity index (χ0v) is 23.7. The van der Waals surface area contributed by atoms with Crippen molar-refractivity contribution in [1.29, 1.82) is 0 Å². The van der Waals surface area contributed by atoms with Gasteiger partial charge in [-0.3, -0.25) is 23.7 Å². The third-order valence-electron chi connectivity index (χ3n) is 6.66. The number of hydrogen-bond donors (Lipinski definition) is 1. The Morgan fingerprint density at radius 2 is 1.73 bits per heavy atom. The normalized spacial score (nSPS) is 11.5. The van der Waals surface area contributed by atoms with Crippen molar-refractivity contribution in [2.45, 2.75) is 72.3 Å². The fourth-order valence-corrected chi connectivity index (χ4v) is 4.72. The maximum Gasteiger partial charge on any atom is 0.439 e. The Bertz CT molecular complexity index is 1590. The molecule has 40 heavy (non-hydrogen) atoms. The summed E-state index contributed by atoms with van der Waals surface area (Å²) in [6, 6.07) is 15.5. The molecule has 0 aliphatic rings. The first-order chi connectivity index (χ1) is 19.1. The molecule has 9 nitrogen and oxygen atoms in total. The van der Waals surface area contributed by atoms with Gasteiger partial charge in [0.05, 0.1) is 30.8 Å². The number of carbonyl (C=O) groups excluding carboxylic acids is 1. The van der Waals surface area contributed by atoms with Gasteiger partial charge in [-0.2, -0.15) is 0 Å². The number of aromatic amines is 1. The Hall–Kier alpha value is -4.27. The monoisotopic (exact) mass is 544 g/mol. The number of aryl methyl sites for hydroxylation is 1. The van der Waals surface area contributed by atoms with E-state index in [2.05, 4.69) is 17.1 Å². The highest BCUT2D eigenvalue weighted by Gasteiger charge is 2.27. The van der Waals surface area contributed by atoms with Crippen molar-refractivity contribution in [2.24, 2.45) is 0 Å². The Kier molecular flexibility index (Phi) is 8.82. The Morgan fingerprint density at radius 1 is 1.02 bits per heavy atom. The number of hydrogen-bond acceptors (Lipinski definition) is 7. The lowest BCUT2D eigenvalue weighted by Crippen LogP contribution is -2.35. The topological polar surface area (TPSA) is 120 Å². The molecule has 0 aliphatic carbocycles. The minimum Gasteiger partial charge on any atom is -0.466 e. The van der Waals surface area contributed by atoms with Crippen LogP contribution in [-0.4, -0.2) is 32.3 Å². The van der Waals surface area contributed by atoms with Gasteiger partial charge in [-0.1, -0.05) is 87.8 Å². The molecular weight excluding hydrogens is 508 g/mol. The van der Waals surface area contributed by atoms with E-state index in [0.717, 1.165) is 35.1 Å². The molecule has 0 radical (unpaired) electrons. The molecule has 4 aromatic rings. The van der Waals surface area contributed by atoms with Gasteiger partial charge in [0.15, 0.2) is 5.82 Å². The van der Waals surface area contributed by atoms with Gasteiger partial charge in [0.2, 0.25) is 0 Å². The number of carbonyl (C=O) groups is 1. The highest BCUT2D eigenvalue weighted by atomic mass is 16.5. The molecule has 0 unspecified atom stereocenters. The fraction of sp³-hybridized carbons (Fsp3) is 0.387.